The fraction of sp³-hybridized carbons (Fsp3) is 0.211. The van der Waals surface area contributed by atoms with Gasteiger partial charge in [0.1, 0.15) is 5.75 Å². The Labute approximate surface area is 165 Å². The van der Waals surface area contributed by atoms with Gasteiger partial charge >= 0.3 is 6.36 Å². The fourth-order valence-electron chi connectivity index (χ4n) is 2.77. The van der Waals surface area contributed by atoms with Crippen molar-refractivity contribution in [3.8, 4) is 5.75 Å². The first-order chi connectivity index (χ1) is 13.6. The van der Waals surface area contributed by atoms with Gasteiger partial charge in [-0.3, -0.25) is 9.71 Å². The average Bonchev–Trinajstić information content (AvgIpc) is 2.60. The molecule has 0 spiro atoms. The van der Waals surface area contributed by atoms with Gasteiger partial charge in [0.05, 0.1) is 11.8 Å². The molecule has 0 atom stereocenters. The maximum absolute atomic E-state index is 12.4. The number of aromatic nitrogens is 1. The zero-order chi connectivity index (χ0) is 21.1. The molecule has 3 rings (SSSR count). The highest BCUT2D eigenvalue weighted by Gasteiger charge is 2.31. The van der Waals surface area contributed by atoms with Crippen molar-refractivity contribution in [3.05, 3.63) is 60.3 Å². The van der Waals surface area contributed by atoms with E-state index < -0.39 is 16.4 Å². The molecule has 2 aromatic carbocycles. The molecule has 1 heterocycles. The van der Waals surface area contributed by atoms with Crippen LogP contribution in [0.2, 0.25) is 0 Å². The van der Waals surface area contributed by atoms with Crippen molar-refractivity contribution < 1.29 is 26.3 Å². The third kappa shape index (κ3) is 6.24. The number of hydrogen-bond donors (Lipinski definition) is 2. The topological polar surface area (TPSA) is 80.3 Å². The first-order valence-corrected chi connectivity index (χ1v) is 10.4. The first-order valence-electron chi connectivity index (χ1n) is 8.54. The molecule has 0 radical (unpaired) electrons. The van der Waals surface area contributed by atoms with Gasteiger partial charge in [-0.2, -0.15) is 0 Å². The maximum Gasteiger partial charge on any atom is 0.573 e. The van der Waals surface area contributed by atoms with Gasteiger partial charge in [0, 0.05) is 35.6 Å². The summed E-state index contributed by atoms with van der Waals surface area (Å²) >= 11 is 0. The summed E-state index contributed by atoms with van der Waals surface area (Å²) < 4.78 is 65.9. The van der Waals surface area contributed by atoms with Crippen LogP contribution >= 0.6 is 0 Å². The van der Waals surface area contributed by atoms with Crippen LogP contribution in [0, 0.1) is 0 Å². The number of anilines is 2. The zero-order valence-corrected chi connectivity index (χ0v) is 16.1. The molecule has 0 bridgehead atoms. The van der Waals surface area contributed by atoms with Crippen molar-refractivity contribution >= 4 is 32.3 Å². The van der Waals surface area contributed by atoms with E-state index in [4.69, 9.17) is 0 Å². The van der Waals surface area contributed by atoms with Crippen molar-refractivity contribution in [2.45, 2.75) is 12.8 Å². The number of halogens is 3. The number of fused-ring (bicyclic) bond motifs is 1. The number of sulfonamides is 1. The molecule has 2 N–H and O–H groups in total. The Hall–Kier alpha value is -3.01. The molecule has 0 saturated heterocycles. The highest BCUT2D eigenvalue weighted by molar-refractivity contribution is 7.92. The molecule has 0 aliphatic heterocycles. The lowest BCUT2D eigenvalue weighted by molar-refractivity contribution is -0.274. The molecule has 0 unspecified atom stereocenters. The summed E-state index contributed by atoms with van der Waals surface area (Å²) in [5, 5.41) is 3.92. The molecule has 0 aliphatic rings. The molecule has 10 heteroatoms. The van der Waals surface area contributed by atoms with Crippen molar-refractivity contribution in [2.75, 3.05) is 22.8 Å². The Morgan fingerprint density at radius 1 is 1.07 bits per heavy atom. The summed E-state index contributed by atoms with van der Waals surface area (Å²) in [5.41, 5.74) is 2.61. The highest BCUT2D eigenvalue weighted by Crippen LogP contribution is 2.28. The van der Waals surface area contributed by atoms with E-state index in [2.05, 4.69) is 19.8 Å². The van der Waals surface area contributed by atoms with Crippen LogP contribution in [0.3, 0.4) is 0 Å². The van der Waals surface area contributed by atoms with E-state index in [1.165, 1.54) is 24.4 Å². The molecule has 0 aliphatic carbocycles. The summed E-state index contributed by atoms with van der Waals surface area (Å²) in [7, 11) is -3.32. The van der Waals surface area contributed by atoms with Gasteiger partial charge in [0.15, 0.2) is 0 Å². The Bertz CT molecular complexity index is 1100. The van der Waals surface area contributed by atoms with E-state index in [0.717, 1.165) is 17.5 Å². The molecule has 6 nitrogen and oxygen atoms in total. The molecule has 29 heavy (non-hydrogen) atoms. The number of alkyl halides is 3. The standard InChI is InChI=1S/C19H18F3N3O3S/c1-29(26,27)25-14-4-2-13(3-5-14)8-10-23-17-9-11-24-18-12-15(6-7-16(17)18)28-19(20,21)22/h2-7,9,11-12,25H,8,10H2,1H3,(H,23,24). The molecule has 0 fully saturated rings. The van der Waals surface area contributed by atoms with Gasteiger partial charge in [-0.25, -0.2) is 8.42 Å². The number of nitrogens with zero attached hydrogens (tertiary/aromatic N) is 1. The summed E-state index contributed by atoms with van der Waals surface area (Å²) in [6, 6.07) is 12.8. The summed E-state index contributed by atoms with van der Waals surface area (Å²) in [5.74, 6) is -0.322. The number of ether oxygens (including phenoxy) is 1. The van der Waals surface area contributed by atoms with Crippen LogP contribution in [-0.4, -0.2) is 32.6 Å². The third-order valence-electron chi connectivity index (χ3n) is 3.93. The normalized spacial score (nSPS) is 12.0. The molecular weight excluding hydrogens is 407 g/mol. The van der Waals surface area contributed by atoms with E-state index in [0.29, 0.717) is 29.6 Å². The van der Waals surface area contributed by atoms with Crippen LogP contribution in [0.25, 0.3) is 10.9 Å². The maximum atomic E-state index is 12.4. The molecule has 3 aromatic rings. The Morgan fingerprint density at radius 2 is 1.79 bits per heavy atom. The lowest BCUT2D eigenvalue weighted by Crippen LogP contribution is -2.17. The number of hydrogen-bond acceptors (Lipinski definition) is 5. The van der Waals surface area contributed by atoms with Crippen LogP contribution in [0.1, 0.15) is 5.56 Å². The third-order valence-corrected chi connectivity index (χ3v) is 4.54. The minimum Gasteiger partial charge on any atom is -0.406 e. The van der Waals surface area contributed by atoms with Gasteiger partial charge in [-0.15, -0.1) is 13.2 Å². The number of benzene rings is 2. The van der Waals surface area contributed by atoms with Gasteiger partial charge < -0.3 is 10.1 Å². The monoisotopic (exact) mass is 425 g/mol. The summed E-state index contributed by atoms with van der Waals surface area (Å²) in [6.45, 7) is 0.568. The molecule has 0 saturated carbocycles. The van der Waals surface area contributed by atoms with E-state index in [1.54, 1.807) is 18.2 Å². The molecule has 1 aromatic heterocycles. The summed E-state index contributed by atoms with van der Waals surface area (Å²) in [4.78, 5) is 4.09. The number of rotatable bonds is 7. The minimum absolute atomic E-state index is 0.322. The van der Waals surface area contributed by atoms with E-state index in [-0.39, 0.29) is 5.75 Å². The Kier molecular flexibility index (Phi) is 5.83. The first kappa shape index (κ1) is 20.7. The van der Waals surface area contributed by atoms with Gasteiger partial charge in [0.2, 0.25) is 10.0 Å². The van der Waals surface area contributed by atoms with Gasteiger partial charge in [-0.05, 0) is 42.3 Å². The lowest BCUT2D eigenvalue weighted by Gasteiger charge is -2.12. The van der Waals surface area contributed by atoms with Crippen LogP contribution in [-0.2, 0) is 16.4 Å². The molecule has 0 amide bonds. The Morgan fingerprint density at radius 3 is 2.45 bits per heavy atom. The van der Waals surface area contributed by atoms with Crippen molar-refractivity contribution in [3.63, 3.8) is 0 Å². The fourth-order valence-corrected chi connectivity index (χ4v) is 3.34. The molecular formula is C19H18F3N3O3S. The number of nitrogens with one attached hydrogen (secondary N) is 2. The van der Waals surface area contributed by atoms with E-state index in [9.17, 15) is 21.6 Å². The van der Waals surface area contributed by atoms with Crippen LogP contribution in [0.15, 0.2) is 54.7 Å². The van der Waals surface area contributed by atoms with Crippen LogP contribution in [0.5, 0.6) is 5.75 Å². The van der Waals surface area contributed by atoms with E-state index >= 15 is 0 Å². The smallest absolute Gasteiger partial charge is 0.406 e. The summed E-state index contributed by atoms with van der Waals surface area (Å²) in [6.07, 6.45) is -1.50. The van der Waals surface area contributed by atoms with Crippen LogP contribution < -0.4 is 14.8 Å². The predicted molar refractivity (Wildman–Crippen MR) is 106 cm³/mol. The zero-order valence-electron chi connectivity index (χ0n) is 15.3. The lowest BCUT2D eigenvalue weighted by atomic mass is 10.1. The van der Waals surface area contributed by atoms with Gasteiger partial charge in [0.25, 0.3) is 0 Å². The van der Waals surface area contributed by atoms with Crippen LogP contribution in [0.4, 0.5) is 24.5 Å². The molecule has 154 valence electrons. The predicted octanol–water partition coefficient (Wildman–Crippen LogP) is 4.16. The largest absolute Gasteiger partial charge is 0.573 e. The Balaban J connectivity index is 1.64. The SMILES string of the molecule is CS(=O)(=O)Nc1ccc(CCNc2ccnc3cc(OC(F)(F)F)ccc23)cc1. The van der Waals surface area contributed by atoms with Gasteiger partial charge in [-0.1, -0.05) is 12.1 Å². The highest BCUT2D eigenvalue weighted by atomic mass is 32.2. The van der Waals surface area contributed by atoms with Crippen molar-refractivity contribution in [2.24, 2.45) is 0 Å². The second-order valence-electron chi connectivity index (χ2n) is 6.33. The second kappa shape index (κ2) is 8.16. The van der Waals surface area contributed by atoms with E-state index in [1.807, 2.05) is 12.1 Å². The van der Waals surface area contributed by atoms with Crippen molar-refractivity contribution in [1.82, 2.24) is 4.98 Å². The quantitative estimate of drug-likeness (QED) is 0.594. The second-order valence-corrected chi connectivity index (χ2v) is 8.08. The minimum atomic E-state index is -4.75. The van der Waals surface area contributed by atoms with Crippen molar-refractivity contribution in [1.29, 1.82) is 0 Å². The number of pyridine rings is 1. The average molecular weight is 425 g/mol.